The molecule has 146 valence electrons. The predicted molar refractivity (Wildman–Crippen MR) is 110 cm³/mol. The lowest BCUT2D eigenvalue weighted by molar-refractivity contribution is 0.428. The molecule has 0 aromatic carbocycles. The first kappa shape index (κ1) is 21.0. The molecule has 5 nitrogen and oxygen atoms in total. The quantitative estimate of drug-likeness (QED) is 0.231. The highest BCUT2D eigenvalue weighted by molar-refractivity contribution is 8.00. The second-order valence-electron chi connectivity index (χ2n) is 7.07. The molecule has 0 aliphatic carbocycles. The highest BCUT2D eigenvalue weighted by atomic mass is 32.2. The minimum Gasteiger partial charge on any atom is -0.479 e. The summed E-state index contributed by atoms with van der Waals surface area (Å²) in [6.45, 7) is 4.51. The minimum absolute atomic E-state index is 0.172. The first-order chi connectivity index (χ1) is 12.7. The lowest BCUT2D eigenvalue weighted by atomic mass is 10.0. The van der Waals surface area contributed by atoms with Crippen molar-refractivity contribution in [3.63, 3.8) is 0 Å². The van der Waals surface area contributed by atoms with Gasteiger partial charge in [0.25, 0.3) is 0 Å². The summed E-state index contributed by atoms with van der Waals surface area (Å²) in [5.74, 6) is 0. The fourth-order valence-corrected chi connectivity index (χ4v) is 4.53. The van der Waals surface area contributed by atoms with Gasteiger partial charge >= 0.3 is 6.01 Å². The zero-order chi connectivity index (χ0) is 18.6. The van der Waals surface area contributed by atoms with Crippen LogP contribution >= 0.6 is 11.8 Å². The number of rotatable bonds is 14. The molecule has 6 heteroatoms. The van der Waals surface area contributed by atoms with Crippen molar-refractivity contribution in [2.24, 2.45) is 0 Å². The number of unbranched alkanes of at least 4 members (excludes halogenated alkanes) is 8. The first-order valence-electron chi connectivity index (χ1n) is 10.3. The van der Waals surface area contributed by atoms with Crippen molar-refractivity contribution in [2.75, 3.05) is 0 Å². The second-order valence-corrected chi connectivity index (χ2v) is 8.36. The molecule has 0 fully saturated rings. The number of nitrogens with zero attached hydrogens (tertiary/aromatic N) is 3. The van der Waals surface area contributed by atoms with E-state index in [1.54, 1.807) is 18.1 Å². The molecule has 2 aromatic rings. The fraction of sp³-hybridized carbons (Fsp3) is 0.750. The molecular formula is C20H34N4OS. The van der Waals surface area contributed by atoms with E-state index in [0.29, 0.717) is 10.9 Å². The van der Waals surface area contributed by atoms with Gasteiger partial charge in [-0.2, -0.15) is 9.97 Å². The van der Waals surface area contributed by atoms with E-state index < -0.39 is 0 Å². The Bertz CT molecular complexity index is 617. The Morgan fingerprint density at radius 1 is 0.923 bits per heavy atom. The summed E-state index contributed by atoms with van der Waals surface area (Å²) in [6.07, 6.45) is 17.1. The topological polar surface area (TPSA) is 74.7 Å². The lowest BCUT2D eigenvalue weighted by Crippen LogP contribution is -2.04. The molecule has 0 saturated carbocycles. The first-order valence-corrected chi connectivity index (χ1v) is 11.2. The van der Waals surface area contributed by atoms with Crippen LogP contribution in [-0.2, 0) is 0 Å². The zero-order valence-electron chi connectivity index (χ0n) is 16.3. The van der Waals surface area contributed by atoms with E-state index in [1.807, 2.05) is 0 Å². The van der Waals surface area contributed by atoms with E-state index in [0.717, 1.165) is 10.5 Å². The van der Waals surface area contributed by atoms with Crippen molar-refractivity contribution >= 4 is 22.9 Å². The molecule has 0 saturated heterocycles. The molecule has 2 rings (SSSR count). The molecular weight excluding hydrogens is 344 g/mol. The van der Waals surface area contributed by atoms with E-state index >= 15 is 0 Å². The summed E-state index contributed by atoms with van der Waals surface area (Å²) in [4.78, 5) is 15.6. The molecule has 0 atom stereocenters. The summed E-state index contributed by atoms with van der Waals surface area (Å²) in [6, 6.07) is -0.172. The number of hydrogen-bond acceptors (Lipinski definition) is 5. The van der Waals surface area contributed by atoms with Crippen LogP contribution in [0.5, 0.6) is 6.01 Å². The maximum Gasteiger partial charge on any atom is 0.317 e. The number of aromatic nitrogens is 4. The average Bonchev–Trinajstić information content (AvgIpc) is 3.09. The number of nitrogens with one attached hydrogen (secondary N) is 1. The number of fused-ring (bicyclic) bond motifs is 1. The van der Waals surface area contributed by atoms with Gasteiger partial charge in [-0.15, -0.1) is 11.8 Å². The predicted octanol–water partition coefficient (Wildman–Crippen LogP) is 6.24. The van der Waals surface area contributed by atoms with Crippen LogP contribution in [0.2, 0.25) is 0 Å². The van der Waals surface area contributed by atoms with Gasteiger partial charge in [0.15, 0.2) is 5.65 Å². The van der Waals surface area contributed by atoms with Gasteiger partial charge < -0.3 is 10.1 Å². The van der Waals surface area contributed by atoms with E-state index in [-0.39, 0.29) is 6.01 Å². The van der Waals surface area contributed by atoms with Crippen molar-refractivity contribution in [3.05, 3.63) is 6.33 Å². The van der Waals surface area contributed by atoms with Crippen molar-refractivity contribution in [3.8, 4) is 6.01 Å². The number of hydrogen-bond donors (Lipinski definition) is 2. The molecule has 2 aromatic heterocycles. The molecule has 2 N–H and O–H groups in total. The highest BCUT2D eigenvalue weighted by Crippen LogP contribution is 2.33. The van der Waals surface area contributed by atoms with Crippen LogP contribution in [0.25, 0.3) is 11.2 Å². The minimum atomic E-state index is -0.172. The molecule has 0 bridgehead atoms. The Hall–Kier alpha value is -1.30. The molecule has 0 aliphatic heterocycles. The van der Waals surface area contributed by atoms with Crippen molar-refractivity contribution in [1.82, 2.24) is 19.9 Å². The van der Waals surface area contributed by atoms with E-state index in [2.05, 4.69) is 33.8 Å². The largest absolute Gasteiger partial charge is 0.479 e. The van der Waals surface area contributed by atoms with Gasteiger partial charge in [-0.3, -0.25) is 0 Å². The van der Waals surface area contributed by atoms with Gasteiger partial charge in [-0.1, -0.05) is 78.1 Å². The standard InChI is InChI=1S/C20H34N4OS/c1-3-5-7-9-11-13-16(14-12-10-8-6-4-2)26-19-17-18(22-15-21-17)23-20(25)24-19/h15-16H,3-14H2,1-2H3,(H2,21,22,23,24,25). The monoisotopic (exact) mass is 378 g/mol. The van der Waals surface area contributed by atoms with Crippen LogP contribution in [0.15, 0.2) is 11.4 Å². The van der Waals surface area contributed by atoms with Crippen molar-refractivity contribution in [1.29, 1.82) is 0 Å². The summed E-state index contributed by atoms with van der Waals surface area (Å²) in [5.41, 5.74) is 1.39. The molecule has 0 amide bonds. The van der Waals surface area contributed by atoms with Crippen molar-refractivity contribution in [2.45, 2.75) is 101 Å². The van der Waals surface area contributed by atoms with Crippen LogP contribution in [0.1, 0.15) is 90.9 Å². The van der Waals surface area contributed by atoms with Crippen LogP contribution in [0.4, 0.5) is 0 Å². The summed E-state index contributed by atoms with van der Waals surface area (Å²) in [5, 5.41) is 11.1. The molecule has 0 aliphatic rings. The molecule has 2 heterocycles. The third-order valence-electron chi connectivity index (χ3n) is 4.77. The lowest BCUT2D eigenvalue weighted by Gasteiger charge is -2.16. The molecule has 0 unspecified atom stereocenters. The van der Waals surface area contributed by atoms with Crippen LogP contribution in [-0.4, -0.2) is 30.3 Å². The third kappa shape index (κ3) is 7.14. The van der Waals surface area contributed by atoms with E-state index in [9.17, 15) is 5.11 Å². The number of aromatic hydroxyl groups is 1. The maximum absolute atomic E-state index is 9.81. The number of imidazole rings is 1. The van der Waals surface area contributed by atoms with E-state index in [1.165, 1.54) is 77.0 Å². The Morgan fingerprint density at radius 3 is 2.15 bits per heavy atom. The van der Waals surface area contributed by atoms with Gasteiger partial charge in [-0.25, -0.2) is 4.98 Å². The Morgan fingerprint density at radius 2 is 1.54 bits per heavy atom. The summed E-state index contributed by atoms with van der Waals surface area (Å²) >= 11 is 1.77. The fourth-order valence-electron chi connectivity index (χ4n) is 3.25. The Labute approximate surface area is 161 Å². The van der Waals surface area contributed by atoms with E-state index in [4.69, 9.17) is 0 Å². The highest BCUT2D eigenvalue weighted by Gasteiger charge is 2.16. The summed E-state index contributed by atoms with van der Waals surface area (Å²) in [7, 11) is 0. The van der Waals surface area contributed by atoms with Gasteiger partial charge in [0.05, 0.1) is 6.33 Å². The number of thioether (sulfide) groups is 1. The summed E-state index contributed by atoms with van der Waals surface area (Å²) < 4.78 is 0. The molecule has 0 radical (unpaired) electrons. The zero-order valence-corrected chi connectivity index (χ0v) is 17.2. The molecule has 0 spiro atoms. The van der Waals surface area contributed by atoms with Crippen LogP contribution < -0.4 is 0 Å². The smallest absolute Gasteiger partial charge is 0.317 e. The second kappa shape index (κ2) is 12.2. The SMILES string of the molecule is CCCCCCCC(CCCCCCC)Sc1nc(O)nc2[nH]cnc12. The van der Waals surface area contributed by atoms with Gasteiger partial charge in [0.2, 0.25) is 0 Å². The number of H-pyrrole nitrogens is 1. The normalized spacial score (nSPS) is 11.7. The number of aromatic amines is 1. The Kier molecular flexibility index (Phi) is 9.82. The van der Waals surface area contributed by atoms with Crippen molar-refractivity contribution < 1.29 is 5.11 Å². The van der Waals surface area contributed by atoms with Crippen LogP contribution in [0.3, 0.4) is 0 Å². The third-order valence-corrected chi connectivity index (χ3v) is 6.09. The van der Waals surface area contributed by atoms with Gasteiger partial charge in [-0.05, 0) is 12.8 Å². The maximum atomic E-state index is 9.81. The van der Waals surface area contributed by atoms with Gasteiger partial charge in [0.1, 0.15) is 10.5 Å². The molecule has 26 heavy (non-hydrogen) atoms. The van der Waals surface area contributed by atoms with Gasteiger partial charge in [0, 0.05) is 5.25 Å². The average molecular weight is 379 g/mol. The Balaban J connectivity index is 1.93. The van der Waals surface area contributed by atoms with Crippen LogP contribution in [0, 0.1) is 0 Å².